The summed E-state index contributed by atoms with van der Waals surface area (Å²) < 4.78 is 0. The normalized spacial score (nSPS) is 8.79. The third-order valence-electron chi connectivity index (χ3n) is 1.85. The number of hydrogen-bond acceptors (Lipinski definition) is 3. The van der Waals surface area contributed by atoms with Gasteiger partial charge in [-0.2, -0.15) is 10.5 Å². The van der Waals surface area contributed by atoms with Crippen LogP contribution in [0.4, 0.5) is 5.69 Å². The Morgan fingerprint density at radius 3 is 2.79 bits per heavy atom. The molecule has 0 aliphatic heterocycles. The van der Waals surface area contributed by atoms with Crippen LogP contribution >= 0.6 is 0 Å². The van der Waals surface area contributed by atoms with Gasteiger partial charge >= 0.3 is 0 Å². The van der Waals surface area contributed by atoms with Crippen molar-refractivity contribution in [1.82, 2.24) is 0 Å². The monoisotopic (exact) mass is 185 g/mol. The summed E-state index contributed by atoms with van der Waals surface area (Å²) in [4.78, 5) is 0. The van der Waals surface area contributed by atoms with Crippen molar-refractivity contribution in [1.29, 1.82) is 10.5 Å². The second kappa shape index (κ2) is 4.89. The summed E-state index contributed by atoms with van der Waals surface area (Å²) in [7, 11) is 0. The highest BCUT2D eigenvalue weighted by Crippen LogP contribution is 2.15. The Hall–Kier alpha value is -2.00. The number of nitrogens with zero attached hydrogens (tertiary/aromatic N) is 2. The highest BCUT2D eigenvalue weighted by atomic mass is 14.9. The fraction of sp³-hybridized carbons (Fsp3) is 0.273. The molecule has 1 aromatic rings. The lowest BCUT2D eigenvalue weighted by Gasteiger charge is -2.06. The van der Waals surface area contributed by atoms with Gasteiger partial charge in [-0.3, -0.25) is 0 Å². The van der Waals surface area contributed by atoms with Crippen LogP contribution in [-0.4, -0.2) is 6.54 Å². The predicted octanol–water partition coefficient (Wildman–Crippen LogP) is 2.19. The first kappa shape index (κ1) is 10.1. The minimum atomic E-state index is 0.443. The summed E-state index contributed by atoms with van der Waals surface area (Å²) in [5.41, 5.74) is 2.49. The van der Waals surface area contributed by atoms with Crippen LogP contribution in [0.2, 0.25) is 0 Å². The number of benzene rings is 1. The maximum Gasteiger partial charge on any atom is 0.101 e. The number of hydrogen-bond donors (Lipinski definition) is 1. The van der Waals surface area contributed by atoms with Crippen molar-refractivity contribution in [3.8, 4) is 12.1 Å². The SMILES string of the molecule is Cc1ccc(NCCC#N)c(C#N)c1. The molecule has 0 fully saturated rings. The van der Waals surface area contributed by atoms with Crippen LogP contribution < -0.4 is 5.32 Å². The molecular weight excluding hydrogens is 174 g/mol. The summed E-state index contributed by atoms with van der Waals surface area (Å²) >= 11 is 0. The summed E-state index contributed by atoms with van der Waals surface area (Å²) in [6.45, 7) is 2.52. The highest BCUT2D eigenvalue weighted by Gasteiger charge is 2.00. The fourth-order valence-corrected chi connectivity index (χ4v) is 1.16. The highest BCUT2D eigenvalue weighted by molar-refractivity contribution is 5.58. The van der Waals surface area contributed by atoms with E-state index < -0.39 is 0 Å². The predicted molar refractivity (Wildman–Crippen MR) is 54.6 cm³/mol. The zero-order chi connectivity index (χ0) is 10.4. The molecule has 0 bridgehead atoms. The molecule has 0 saturated carbocycles. The van der Waals surface area contributed by atoms with Crippen molar-refractivity contribution >= 4 is 5.69 Å². The summed E-state index contributed by atoms with van der Waals surface area (Å²) in [5, 5.41) is 20.3. The number of aryl methyl sites for hydroxylation is 1. The van der Waals surface area contributed by atoms with Crippen LogP contribution in [0.3, 0.4) is 0 Å². The molecule has 0 unspecified atom stereocenters. The molecule has 0 spiro atoms. The third-order valence-corrected chi connectivity index (χ3v) is 1.85. The number of rotatable bonds is 3. The van der Waals surface area contributed by atoms with Crippen molar-refractivity contribution in [2.75, 3.05) is 11.9 Å². The molecule has 1 N–H and O–H groups in total. The van der Waals surface area contributed by atoms with E-state index in [1.54, 1.807) is 0 Å². The van der Waals surface area contributed by atoms with Gasteiger partial charge in [0.15, 0.2) is 0 Å². The first-order valence-electron chi connectivity index (χ1n) is 4.39. The molecule has 70 valence electrons. The first-order valence-corrected chi connectivity index (χ1v) is 4.39. The van der Waals surface area contributed by atoms with Crippen LogP contribution in [0.15, 0.2) is 18.2 Å². The second-order valence-electron chi connectivity index (χ2n) is 3.00. The van der Waals surface area contributed by atoms with Gasteiger partial charge < -0.3 is 5.32 Å². The van der Waals surface area contributed by atoms with E-state index in [2.05, 4.69) is 11.4 Å². The average molecular weight is 185 g/mol. The zero-order valence-corrected chi connectivity index (χ0v) is 8.04. The van der Waals surface area contributed by atoms with Crippen molar-refractivity contribution in [2.24, 2.45) is 0 Å². The Labute approximate surface area is 83.6 Å². The topological polar surface area (TPSA) is 59.6 Å². The maximum atomic E-state index is 8.84. The van der Waals surface area contributed by atoms with Crippen molar-refractivity contribution in [3.63, 3.8) is 0 Å². The van der Waals surface area contributed by atoms with Gasteiger partial charge in [0, 0.05) is 6.54 Å². The lowest BCUT2D eigenvalue weighted by Crippen LogP contribution is -2.02. The molecule has 0 aliphatic rings. The van der Waals surface area contributed by atoms with Crippen molar-refractivity contribution < 1.29 is 0 Å². The Balaban J connectivity index is 2.78. The maximum absolute atomic E-state index is 8.84. The van der Waals surface area contributed by atoms with Crippen molar-refractivity contribution in [3.05, 3.63) is 29.3 Å². The summed E-state index contributed by atoms with van der Waals surface area (Å²) in [6.07, 6.45) is 0.443. The van der Waals surface area contributed by atoms with Gasteiger partial charge in [0.2, 0.25) is 0 Å². The van der Waals surface area contributed by atoms with Crippen molar-refractivity contribution in [2.45, 2.75) is 13.3 Å². The van der Waals surface area contributed by atoms with E-state index in [4.69, 9.17) is 10.5 Å². The molecule has 0 heterocycles. The molecule has 1 rings (SSSR count). The van der Waals surface area contributed by atoms with Gasteiger partial charge in [0.1, 0.15) is 6.07 Å². The molecule has 0 saturated heterocycles. The fourth-order valence-electron chi connectivity index (χ4n) is 1.16. The lowest BCUT2D eigenvalue weighted by atomic mass is 10.1. The molecule has 0 aliphatic carbocycles. The van der Waals surface area contributed by atoms with Crippen LogP contribution in [0, 0.1) is 29.6 Å². The Morgan fingerprint density at radius 1 is 1.36 bits per heavy atom. The molecule has 3 nitrogen and oxygen atoms in total. The van der Waals surface area contributed by atoms with E-state index in [9.17, 15) is 0 Å². The molecule has 0 aromatic heterocycles. The Kier molecular flexibility index (Phi) is 3.52. The van der Waals surface area contributed by atoms with E-state index in [1.807, 2.05) is 31.2 Å². The van der Waals surface area contributed by atoms with Gasteiger partial charge in [-0.1, -0.05) is 6.07 Å². The van der Waals surface area contributed by atoms with Gasteiger partial charge in [0.25, 0.3) is 0 Å². The lowest BCUT2D eigenvalue weighted by molar-refractivity contribution is 1.07. The second-order valence-corrected chi connectivity index (χ2v) is 3.00. The van der Waals surface area contributed by atoms with Crippen LogP contribution in [0.1, 0.15) is 17.5 Å². The van der Waals surface area contributed by atoms with E-state index in [0.29, 0.717) is 18.5 Å². The molecule has 3 heteroatoms. The molecular formula is C11H11N3. The quantitative estimate of drug-likeness (QED) is 0.734. The minimum Gasteiger partial charge on any atom is -0.383 e. The number of nitrogens with one attached hydrogen (secondary N) is 1. The minimum absolute atomic E-state index is 0.443. The summed E-state index contributed by atoms with van der Waals surface area (Å²) in [6, 6.07) is 9.79. The molecule has 14 heavy (non-hydrogen) atoms. The largest absolute Gasteiger partial charge is 0.383 e. The third kappa shape index (κ3) is 2.50. The number of anilines is 1. The molecule has 0 radical (unpaired) electrons. The van der Waals surface area contributed by atoms with Gasteiger partial charge in [-0.25, -0.2) is 0 Å². The van der Waals surface area contributed by atoms with Gasteiger partial charge in [-0.15, -0.1) is 0 Å². The van der Waals surface area contributed by atoms with E-state index >= 15 is 0 Å². The summed E-state index contributed by atoms with van der Waals surface area (Å²) in [5.74, 6) is 0. The average Bonchev–Trinajstić information content (AvgIpc) is 2.20. The van der Waals surface area contributed by atoms with E-state index in [1.165, 1.54) is 0 Å². The Bertz CT molecular complexity index is 396. The smallest absolute Gasteiger partial charge is 0.101 e. The Morgan fingerprint density at radius 2 is 2.14 bits per heavy atom. The van der Waals surface area contributed by atoms with Crippen LogP contribution in [0.5, 0.6) is 0 Å². The number of nitriles is 2. The van der Waals surface area contributed by atoms with E-state index in [0.717, 1.165) is 11.3 Å². The van der Waals surface area contributed by atoms with Gasteiger partial charge in [-0.05, 0) is 24.6 Å². The molecule has 1 aromatic carbocycles. The zero-order valence-electron chi connectivity index (χ0n) is 8.04. The van der Waals surface area contributed by atoms with E-state index in [-0.39, 0.29) is 0 Å². The van der Waals surface area contributed by atoms with Crippen LogP contribution in [-0.2, 0) is 0 Å². The molecule has 0 atom stereocenters. The standard InChI is InChI=1S/C11H11N3/c1-9-3-4-11(10(7-9)8-13)14-6-2-5-12/h3-4,7,14H,2,6H2,1H3. The molecule has 0 amide bonds. The first-order chi connectivity index (χ1) is 6.77. The van der Waals surface area contributed by atoms with Crippen LogP contribution in [0.25, 0.3) is 0 Å². The van der Waals surface area contributed by atoms with Gasteiger partial charge in [0.05, 0.1) is 23.7 Å².